The van der Waals surface area contributed by atoms with E-state index >= 15 is 0 Å². The van der Waals surface area contributed by atoms with E-state index in [9.17, 15) is 9.59 Å². The SMILES string of the molecule is CCOCCCN(CC(=O)Nc1ccon1)C(=O)CC. The molecule has 0 atom stereocenters. The molecule has 0 unspecified atom stereocenters. The van der Waals surface area contributed by atoms with Crippen LogP contribution in [-0.4, -0.2) is 48.2 Å². The fraction of sp³-hybridized carbons (Fsp3) is 0.615. The topological polar surface area (TPSA) is 84.7 Å². The molecule has 1 heterocycles. The zero-order valence-corrected chi connectivity index (χ0v) is 11.9. The lowest BCUT2D eigenvalue weighted by molar-refractivity contribution is -0.134. The van der Waals surface area contributed by atoms with Gasteiger partial charge in [-0.3, -0.25) is 9.59 Å². The Labute approximate surface area is 118 Å². The number of carbonyl (C=O) groups excluding carboxylic acids is 2. The molecule has 2 amide bonds. The van der Waals surface area contributed by atoms with E-state index in [1.807, 2.05) is 6.92 Å². The second kappa shape index (κ2) is 9.08. The highest BCUT2D eigenvalue weighted by Gasteiger charge is 2.16. The second-order valence-corrected chi connectivity index (χ2v) is 4.15. The van der Waals surface area contributed by atoms with Crippen molar-refractivity contribution in [3.63, 3.8) is 0 Å². The van der Waals surface area contributed by atoms with E-state index in [-0.39, 0.29) is 18.4 Å². The molecule has 0 aliphatic carbocycles. The molecule has 7 heteroatoms. The van der Waals surface area contributed by atoms with Gasteiger partial charge in [-0.1, -0.05) is 12.1 Å². The minimum atomic E-state index is -0.294. The molecule has 1 aromatic heterocycles. The van der Waals surface area contributed by atoms with Crippen LogP contribution >= 0.6 is 0 Å². The van der Waals surface area contributed by atoms with Crippen LogP contribution in [0, 0.1) is 0 Å². The summed E-state index contributed by atoms with van der Waals surface area (Å²) in [6.45, 7) is 5.42. The van der Waals surface area contributed by atoms with E-state index in [0.717, 1.165) is 0 Å². The molecule has 0 saturated heterocycles. The van der Waals surface area contributed by atoms with E-state index < -0.39 is 0 Å². The van der Waals surface area contributed by atoms with E-state index in [1.165, 1.54) is 11.2 Å². The molecule has 0 fully saturated rings. The zero-order chi connectivity index (χ0) is 14.8. The maximum absolute atomic E-state index is 11.8. The number of anilines is 1. The first kappa shape index (κ1) is 16.2. The number of carbonyl (C=O) groups is 2. The quantitative estimate of drug-likeness (QED) is 0.690. The molecule has 0 aromatic carbocycles. The molecule has 20 heavy (non-hydrogen) atoms. The van der Waals surface area contributed by atoms with Crippen LogP contribution in [0.15, 0.2) is 16.9 Å². The van der Waals surface area contributed by atoms with Crippen molar-refractivity contribution in [1.82, 2.24) is 10.1 Å². The Morgan fingerprint density at radius 1 is 1.45 bits per heavy atom. The van der Waals surface area contributed by atoms with Crippen molar-refractivity contribution in [2.75, 3.05) is 31.6 Å². The van der Waals surface area contributed by atoms with Crippen molar-refractivity contribution in [2.45, 2.75) is 26.7 Å². The lowest BCUT2D eigenvalue weighted by atomic mass is 10.3. The first-order valence-corrected chi connectivity index (χ1v) is 6.73. The monoisotopic (exact) mass is 283 g/mol. The van der Waals surface area contributed by atoms with E-state index in [0.29, 0.717) is 38.4 Å². The van der Waals surface area contributed by atoms with Gasteiger partial charge in [0.15, 0.2) is 5.82 Å². The lowest BCUT2D eigenvalue weighted by Gasteiger charge is -2.21. The van der Waals surface area contributed by atoms with Gasteiger partial charge in [0.25, 0.3) is 0 Å². The number of amides is 2. The Balaban J connectivity index is 2.42. The van der Waals surface area contributed by atoms with Crippen LogP contribution in [0.25, 0.3) is 0 Å². The third-order valence-electron chi connectivity index (χ3n) is 2.62. The summed E-state index contributed by atoms with van der Waals surface area (Å²) in [7, 11) is 0. The van der Waals surface area contributed by atoms with Crippen molar-refractivity contribution >= 4 is 17.6 Å². The Morgan fingerprint density at radius 3 is 2.85 bits per heavy atom. The molecule has 0 radical (unpaired) electrons. The minimum absolute atomic E-state index is 0.00561. The molecule has 1 N–H and O–H groups in total. The van der Waals surface area contributed by atoms with Crippen molar-refractivity contribution in [3.8, 4) is 0 Å². The lowest BCUT2D eigenvalue weighted by Crippen LogP contribution is -2.38. The summed E-state index contributed by atoms with van der Waals surface area (Å²) in [4.78, 5) is 25.1. The summed E-state index contributed by atoms with van der Waals surface area (Å²) in [5, 5.41) is 6.15. The highest BCUT2D eigenvalue weighted by atomic mass is 16.5. The van der Waals surface area contributed by atoms with Gasteiger partial charge in [-0.25, -0.2) is 0 Å². The molecule has 0 bridgehead atoms. The van der Waals surface area contributed by atoms with Crippen LogP contribution in [-0.2, 0) is 14.3 Å². The number of rotatable bonds is 9. The zero-order valence-electron chi connectivity index (χ0n) is 11.9. The Hall–Kier alpha value is -1.89. The summed E-state index contributed by atoms with van der Waals surface area (Å²) in [5.74, 6) is -0.0119. The van der Waals surface area contributed by atoms with Gasteiger partial charge < -0.3 is 19.5 Å². The molecule has 0 spiro atoms. The third-order valence-corrected chi connectivity index (χ3v) is 2.62. The first-order valence-electron chi connectivity index (χ1n) is 6.73. The number of nitrogens with one attached hydrogen (secondary N) is 1. The number of hydrogen-bond acceptors (Lipinski definition) is 5. The molecule has 0 aliphatic heterocycles. The molecule has 1 aromatic rings. The Bertz CT molecular complexity index is 406. The predicted molar refractivity (Wildman–Crippen MR) is 73.1 cm³/mol. The van der Waals surface area contributed by atoms with E-state index in [1.54, 1.807) is 13.0 Å². The summed E-state index contributed by atoms with van der Waals surface area (Å²) in [6.07, 6.45) is 2.44. The third kappa shape index (κ3) is 5.83. The maximum Gasteiger partial charge on any atom is 0.245 e. The fourth-order valence-electron chi connectivity index (χ4n) is 1.65. The molecule has 1 rings (SSSR count). The van der Waals surface area contributed by atoms with Gasteiger partial charge in [0.2, 0.25) is 11.8 Å². The standard InChI is InChI=1S/C13H21N3O4/c1-3-13(18)16(7-5-8-19-4-2)10-12(17)14-11-6-9-20-15-11/h6,9H,3-5,7-8,10H2,1-2H3,(H,14,15,17). The normalized spacial score (nSPS) is 10.3. The number of nitrogens with zero attached hydrogens (tertiary/aromatic N) is 2. The van der Waals surface area contributed by atoms with Crippen LogP contribution in [0.2, 0.25) is 0 Å². The van der Waals surface area contributed by atoms with E-state index in [2.05, 4.69) is 15.0 Å². The summed E-state index contributed by atoms with van der Waals surface area (Å²) >= 11 is 0. The van der Waals surface area contributed by atoms with Crippen LogP contribution in [0.3, 0.4) is 0 Å². The average molecular weight is 283 g/mol. The predicted octanol–water partition coefficient (Wildman–Crippen LogP) is 1.28. The second-order valence-electron chi connectivity index (χ2n) is 4.15. The number of aromatic nitrogens is 1. The number of hydrogen-bond donors (Lipinski definition) is 1. The van der Waals surface area contributed by atoms with Gasteiger partial charge in [0.05, 0.1) is 6.54 Å². The van der Waals surface area contributed by atoms with Crippen LogP contribution in [0.5, 0.6) is 0 Å². The van der Waals surface area contributed by atoms with Gasteiger partial charge >= 0.3 is 0 Å². The molecule has 0 saturated carbocycles. The van der Waals surface area contributed by atoms with Gasteiger partial charge in [0, 0.05) is 32.2 Å². The van der Waals surface area contributed by atoms with Crippen molar-refractivity contribution in [1.29, 1.82) is 0 Å². The summed E-state index contributed by atoms with van der Waals surface area (Å²) in [6, 6.07) is 1.54. The van der Waals surface area contributed by atoms with Crippen molar-refractivity contribution < 1.29 is 18.8 Å². The smallest absolute Gasteiger partial charge is 0.245 e. The highest BCUT2D eigenvalue weighted by Crippen LogP contribution is 2.03. The maximum atomic E-state index is 11.8. The molecule has 7 nitrogen and oxygen atoms in total. The largest absolute Gasteiger partial charge is 0.382 e. The van der Waals surface area contributed by atoms with Gasteiger partial charge in [-0.15, -0.1) is 0 Å². The molecular formula is C13H21N3O4. The summed E-state index contributed by atoms with van der Waals surface area (Å²) < 4.78 is 9.85. The minimum Gasteiger partial charge on any atom is -0.382 e. The highest BCUT2D eigenvalue weighted by molar-refractivity contribution is 5.93. The van der Waals surface area contributed by atoms with Crippen molar-refractivity contribution in [2.24, 2.45) is 0 Å². The van der Waals surface area contributed by atoms with Crippen LogP contribution in [0.4, 0.5) is 5.82 Å². The average Bonchev–Trinajstić information content (AvgIpc) is 2.94. The van der Waals surface area contributed by atoms with Crippen LogP contribution in [0.1, 0.15) is 26.7 Å². The number of ether oxygens (including phenoxy) is 1. The first-order chi connectivity index (χ1) is 9.67. The summed E-state index contributed by atoms with van der Waals surface area (Å²) in [5.41, 5.74) is 0. The molecular weight excluding hydrogens is 262 g/mol. The van der Waals surface area contributed by atoms with Crippen LogP contribution < -0.4 is 5.32 Å². The molecule has 0 aliphatic rings. The Morgan fingerprint density at radius 2 is 2.25 bits per heavy atom. The van der Waals surface area contributed by atoms with Gasteiger partial charge in [-0.2, -0.15) is 0 Å². The van der Waals surface area contributed by atoms with Gasteiger partial charge in [-0.05, 0) is 13.3 Å². The van der Waals surface area contributed by atoms with Crippen molar-refractivity contribution in [3.05, 3.63) is 12.3 Å². The fourth-order valence-corrected chi connectivity index (χ4v) is 1.65. The van der Waals surface area contributed by atoms with E-state index in [4.69, 9.17) is 4.74 Å². The van der Waals surface area contributed by atoms with Gasteiger partial charge in [0.1, 0.15) is 6.26 Å². The Kier molecular flexibility index (Phi) is 7.34. The molecule has 112 valence electrons.